The molecule has 100 valence electrons. The second-order valence-electron chi connectivity index (χ2n) is 5.46. The average molecular weight is 257 g/mol. The first-order chi connectivity index (χ1) is 9.22. The van der Waals surface area contributed by atoms with E-state index in [0.717, 1.165) is 12.2 Å². The molecule has 0 bridgehead atoms. The van der Waals surface area contributed by atoms with E-state index in [1.807, 2.05) is 6.07 Å². The molecule has 1 aromatic carbocycles. The lowest BCUT2D eigenvalue weighted by Gasteiger charge is -2.13. The van der Waals surface area contributed by atoms with Crippen molar-refractivity contribution in [1.82, 2.24) is 14.8 Å². The van der Waals surface area contributed by atoms with Crippen LogP contribution in [0.2, 0.25) is 0 Å². The number of nitrogens with zero attached hydrogens (tertiary/aromatic N) is 3. The van der Waals surface area contributed by atoms with E-state index in [9.17, 15) is 5.11 Å². The van der Waals surface area contributed by atoms with Crippen LogP contribution in [0, 0.1) is 0 Å². The normalized spacial score (nSPS) is 21.9. The highest BCUT2D eigenvalue weighted by Crippen LogP contribution is 2.54. The lowest BCUT2D eigenvalue weighted by Crippen LogP contribution is -2.10. The number of aromatic nitrogens is 3. The van der Waals surface area contributed by atoms with Gasteiger partial charge in [0.15, 0.2) is 5.82 Å². The van der Waals surface area contributed by atoms with Gasteiger partial charge in [-0.15, -0.1) is 10.2 Å². The van der Waals surface area contributed by atoms with Crippen molar-refractivity contribution in [2.24, 2.45) is 0 Å². The summed E-state index contributed by atoms with van der Waals surface area (Å²) >= 11 is 0. The highest BCUT2D eigenvalue weighted by molar-refractivity contribution is 5.31. The summed E-state index contributed by atoms with van der Waals surface area (Å²) in [5.74, 6) is 2.68. The molecule has 2 unspecified atom stereocenters. The predicted molar refractivity (Wildman–Crippen MR) is 72.9 cm³/mol. The van der Waals surface area contributed by atoms with Gasteiger partial charge in [-0.05, 0) is 31.7 Å². The Morgan fingerprint density at radius 1 is 1.21 bits per heavy atom. The Morgan fingerprint density at radius 2 is 1.95 bits per heavy atom. The molecule has 1 fully saturated rings. The molecular weight excluding hydrogens is 238 g/mol. The smallest absolute Gasteiger partial charge is 0.159 e. The molecule has 1 saturated carbocycles. The van der Waals surface area contributed by atoms with Gasteiger partial charge in [-0.1, -0.05) is 30.3 Å². The summed E-state index contributed by atoms with van der Waals surface area (Å²) in [5, 5.41) is 17.7. The first-order valence-corrected chi connectivity index (χ1v) is 6.81. The van der Waals surface area contributed by atoms with Crippen LogP contribution in [0.3, 0.4) is 0 Å². The minimum Gasteiger partial charge on any atom is -0.388 e. The van der Waals surface area contributed by atoms with Gasteiger partial charge in [0.2, 0.25) is 0 Å². The van der Waals surface area contributed by atoms with E-state index in [0.29, 0.717) is 17.7 Å². The molecule has 2 atom stereocenters. The summed E-state index contributed by atoms with van der Waals surface area (Å²) in [6.07, 6.45) is 1.13. The van der Waals surface area contributed by atoms with Gasteiger partial charge >= 0.3 is 0 Å². The monoisotopic (exact) mass is 257 g/mol. The van der Waals surface area contributed by atoms with E-state index in [2.05, 4.69) is 52.9 Å². The molecule has 4 nitrogen and oxygen atoms in total. The zero-order valence-corrected chi connectivity index (χ0v) is 11.3. The zero-order chi connectivity index (χ0) is 13.4. The lowest BCUT2D eigenvalue weighted by atomic mass is 10.1. The zero-order valence-electron chi connectivity index (χ0n) is 11.3. The van der Waals surface area contributed by atoms with Crippen molar-refractivity contribution >= 4 is 0 Å². The third-order valence-electron chi connectivity index (χ3n) is 3.80. The van der Waals surface area contributed by atoms with Crippen LogP contribution in [0.5, 0.6) is 0 Å². The summed E-state index contributed by atoms with van der Waals surface area (Å²) < 4.78 is 2.08. The van der Waals surface area contributed by atoms with Crippen LogP contribution in [-0.2, 0) is 6.61 Å². The maximum absolute atomic E-state index is 9.34. The molecule has 4 heteroatoms. The van der Waals surface area contributed by atoms with Crippen molar-refractivity contribution in [3.63, 3.8) is 0 Å². The van der Waals surface area contributed by atoms with Crippen LogP contribution in [0.25, 0.3) is 0 Å². The molecule has 0 amide bonds. The largest absolute Gasteiger partial charge is 0.388 e. The summed E-state index contributed by atoms with van der Waals surface area (Å²) in [5.41, 5.74) is 1.37. The lowest BCUT2D eigenvalue weighted by molar-refractivity contribution is 0.261. The van der Waals surface area contributed by atoms with Crippen molar-refractivity contribution in [2.45, 2.75) is 44.8 Å². The Morgan fingerprint density at radius 3 is 2.58 bits per heavy atom. The van der Waals surface area contributed by atoms with Crippen LogP contribution >= 0.6 is 0 Å². The van der Waals surface area contributed by atoms with Crippen molar-refractivity contribution in [2.75, 3.05) is 0 Å². The van der Waals surface area contributed by atoms with Gasteiger partial charge in [0.1, 0.15) is 12.4 Å². The standard InChI is InChI=1S/C15H19N3O/c1-10(2)18-14(9-19)16-17-15(18)13-8-12(13)11-6-4-3-5-7-11/h3-7,10,12-13,19H,8-9H2,1-2H3. The van der Waals surface area contributed by atoms with Gasteiger partial charge < -0.3 is 9.67 Å². The number of rotatable bonds is 4. The maximum Gasteiger partial charge on any atom is 0.159 e. The van der Waals surface area contributed by atoms with Crippen LogP contribution in [-0.4, -0.2) is 19.9 Å². The van der Waals surface area contributed by atoms with E-state index in [4.69, 9.17) is 0 Å². The summed E-state index contributed by atoms with van der Waals surface area (Å²) in [6, 6.07) is 10.8. The minimum atomic E-state index is -0.0477. The predicted octanol–water partition coefficient (Wildman–Crippen LogP) is 2.62. The molecule has 1 N–H and O–H groups in total. The molecule has 0 saturated heterocycles. The number of hydrogen-bond acceptors (Lipinski definition) is 3. The number of aliphatic hydroxyl groups is 1. The fraction of sp³-hybridized carbons (Fsp3) is 0.467. The highest BCUT2D eigenvalue weighted by atomic mass is 16.3. The third-order valence-corrected chi connectivity index (χ3v) is 3.80. The molecule has 2 aromatic rings. The fourth-order valence-electron chi connectivity index (χ4n) is 2.81. The van der Waals surface area contributed by atoms with Crippen molar-refractivity contribution in [3.8, 4) is 0 Å². The van der Waals surface area contributed by atoms with E-state index < -0.39 is 0 Å². The van der Waals surface area contributed by atoms with Crippen LogP contribution in [0.4, 0.5) is 0 Å². The quantitative estimate of drug-likeness (QED) is 0.916. The number of benzene rings is 1. The number of hydrogen-bond donors (Lipinski definition) is 1. The van der Waals surface area contributed by atoms with E-state index >= 15 is 0 Å². The second kappa shape index (κ2) is 4.78. The van der Waals surface area contributed by atoms with Gasteiger partial charge in [0.25, 0.3) is 0 Å². The van der Waals surface area contributed by atoms with E-state index in [1.165, 1.54) is 5.56 Å². The first kappa shape index (κ1) is 12.4. The van der Waals surface area contributed by atoms with Crippen LogP contribution < -0.4 is 0 Å². The Bertz CT molecular complexity index is 562. The van der Waals surface area contributed by atoms with E-state index in [-0.39, 0.29) is 12.6 Å². The SMILES string of the molecule is CC(C)n1c(CO)nnc1C1CC1c1ccccc1. The summed E-state index contributed by atoms with van der Waals surface area (Å²) in [6.45, 7) is 4.16. The van der Waals surface area contributed by atoms with Gasteiger partial charge in [0.05, 0.1) is 0 Å². The average Bonchev–Trinajstić information content (AvgIpc) is 3.10. The molecular formula is C15H19N3O. The molecule has 0 radical (unpaired) electrons. The maximum atomic E-state index is 9.34. The molecule has 1 aliphatic rings. The highest BCUT2D eigenvalue weighted by Gasteiger charge is 2.43. The summed E-state index contributed by atoms with van der Waals surface area (Å²) in [4.78, 5) is 0. The topological polar surface area (TPSA) is 50.9 Å². The van der Waals surface area contributed by atoms with Crippen LogP contribution in [0.1, 0.15) is 55.4 Å². The minimum absolute atomic E-state index is 0.0477. The Kier molecular flexibility index (Phi) is 3.11. The van der Waals surface area contributed by atoms with Crippen molar-refractivity contribution < 1.29 is 5.11 Å². The van der Waals surface area contributed by atoms with Crippen molar-refractivity contribution in [3.05, 3.63) is 47.5 Å². The summed E-state index contributed by atoms with van der Waals surface area (Å²) in [7, 11) is 0. The molecule has 1 heterocycles. The molecule has 1 aliphatic carbocycles. The molecule has 1 aromatic heterocycles. The van der Waals surface area contributed by atoms with Crippen LogP contribution in [0.15, 0.2) is 30.3 Å². The van der Waals surface area contributed by atoms with Gasteiger partial charge in [-0.2, -0.15) is 0 Å². The van der Waals surface area contributed by atoms with Crippen molar-refractivity contribution in [1.29, 1.82) is 0 Å². The third kappa shape index (κ3) is 2.16. The molecule has 0 spiro atoms. The first-order valence-electron chi connectivity index (χ1n) is 6.81. The number of aliphatic hydroxyl groups excluding tert-OH is 1. The molecule has 0 aliphatic heterocycles. The van der Waals surface area contributed by atoms with Gasteiger partial charge in [-0.25, -0.2) is 0 Å². The van der Waals surface area contributed by atoms with E-state index in [1.54, 1.807) is 0 Å². The van der Waals surface area contributed by atoms with Gasteiger partial charge in [-0.3, -0.25) is 0 Å². The second-order valence-corrected chi connectivity index (χ2v) is 5.46. The Labute approximate surface area is 113 Å². The Hall–Kier alpha value is -1.68. The molecule has 19 heavy (non-hydrogen) atoms. The van der Waals surface area contributed by atoms with Gasteiger partial charge in [0, 0.05) is 12.0 Å². The molecule has 3 rings (SSSR count). The Balaban J connectivity index is 1.88. The fourth-order valence-corrected chi connectivity index (χ4v) is 2.81.